The van der Waals surface area contributed by atoms with Gasteiger partial charge in [-0.2, -0.15) is 0 Å². The number of esters is 1. The lowest BCUT2D eigenvalue weighted by atomic mass is 10.0. The number of halogens is 2. The van der Waals surface area contributed by atoms with E-state index in [0.29, 0.717) is 5.56 Å². The van der Waals surface area contributed by atoms with Gasteiger partial charge in [-0.1, -0.05) is 17.7 Å². The smallest absolute Gasteiger partial charge is 0.339 e. The van der Waals surface area contributed by atoms with Crippen LogP contribution >= 0.6 is 15.9 Å². The first-order chi connectivity index (χ1) is 10.4. The molecule has 0 radical (unpaired) electrons. The zero-order valence-electron chi connectivity index (χ0n) is 12.2. The molecule has 22 heavy (non-hydrogen) atoms. The maximum Gasteiger partial charge on any atom is 0.339 e. The van der Waals surface area contributed by atoms with Crippen molar-refractivity contribution in [1.29, 1.82) is 0 Å². The SMILES string of the molecule is Cc1ccc(C)c(C(=O)COC(=O)c2ccc(F)cc2Br)c1. The molecule has 0 bridgehead atoms. The zero-order chi connectivity index (χ0) is 16.3. The molecule has 5 heteroatoms. The highest BCUT2D eigenvalue weighted by Crippen LogP contribution is 2.19. The molecule has 0 unspecified atom stereocenters. The van der Waals surface area contributed by atoms with Crippen LogP contribution in [-0.4, -0.2) is 18.4 Å². The molecule has 0 saturated carbocycles. The van der Waals surface area contributed by atoms with Gasteiger partial charge in [0.2, 0.25) is 5.78 Å². The van der Waals surface area contributed by atoms with Crippen LogP contribution in [0.4, 0.5) is 4.39 Å². The van der Waals surface area contributed by atoms with E-state index in [-0.39, 0.29) is 22.4 Å². The lowest BCUT2D eigenvalue weighted by molar-refractivity contribution is 0.0473. The number of hydrogen-bond acceptors (Lipinski definition) is 3. The van der Waals surface area contributed by atoms with Gasteiger partial charge in [-0.25, -0.2) is 9.18 Å². The summed E-state index contributed by atoms with van der Waals surface area (Å²) < 4.78 is 18.3. The second-order valence-electron chi connectivity index (χ2n) is 4.94. The number of rotatable bonds is 4. The Bertz CT molecular complexity index is 741. The van der Waals surface area contributed by atoms with Gasteiger partial charge in [-0.05, 0) is 59.6 Å². The van der Waals surface area contributed by atoms with Crippen molar-refractivity contribution < 1.29 is 18.7 Å². The minimum absolute atomic E-state index is 0.176. The van der Waals surface area contributed by atoms with Crippen molar-refractivity contribution in [2.75, 3.05) is 6.61 Å². The number of Topliss-reactive ketones (excluding diaryl/α,β-unsaturated/α-hetero) is 1. The average molecular weight is 365 g/mol. The molecule has 0 aliphatic heterocycles. The zero-order valence-corrected chi connectivity index (χ0v) is 13.7. The fraction of sp³-hybridized carbons (Fsp3) is 0.176. The summed E-state index contributed by atoms with van der Waals surface area (Å²) in [5, 5.41) is 0. The largest absolute Gasteiger partial charge is 0.454 e. The van der Waals surface area contributed by atoms with Crippen LogP contribution in [0.15, 0.2) is 40.9 Å². The lowest BCUT2D eigenvalue weighted by Gasteiger charge is -2.08. The summed E-state index contributed by atoms with van der Waals surface area (Å²) in [6, 6.07) is 9.16. The Morgan fingerprint density at radius 2 is 1.82 bits per heavy atom. The maximum absolute atomic E-state index is 13.0. The molecule has 2 rings (SSSR count). The highest BCUT2D eigenvalue weighted by molar-refractivity contribution is 9.10. The summed E-state index contributed by atoms with van der Waals surface area (Å²) in [4.78, 5) is 24.1. The van der Waals surface area contributed by atoms with Crippen molar-refractivity contribution in [3.63, 3.8) is 0 Å². The van der Waals surface area contributed by atoms with E-state index in [2.05, 4.69) is 15.9 Å². The number of ether oxygens (including phenoxy) is 1. The van der Waals surface area contributed by atoms with Crippen molar-refractivity contribution in [2.24, 2.45) is 0 Å². The molecule has 114 valence electrons. The van der Waals surface area contributed by atoms with E-state index < -0.39 is 11.8 Å². The molecule has 0 aliphatic carbocycles. The van der Waals surface area contributed by atoms with Crippen LogP contribution in [0.1, 0.15) is 31.8 Å². The predicted molar refractivity (Wildman–Crippen MR) is 84.6 cm³/mol. The molecular weight excluding hydrogens is 351 g/mol. The minimum Gasteiger partial charge on any atom is -0.454 e. The summed E-state index contributed by atoms with van der Waals surface area (Å²) in [5.41, 5.74) is 2.50. The van der Waals surface area contributed by atoms with Gasteiger partial charge >= 0.3 is 5.97 Å². The first-order valence-corrected chi connectivity index (χ1v) is 7.40. The van der Waals surface area contributed by atoms with E-state index in [1.165, 1.54) is 12.1 Å². The van der Waals surface area contributed by atoms with Crippen LogP contribution in [0.2, 0.25) is 0 Å². The number of carbonyl (C=O) groups excluding carboxylic acids is 2. The van der Waals surface area contributed by atoms with Gasteiger partial charge in [-0.15, -0.1) is 0 Å². The third-order valence-corrected chi connectivity index (χ3v) is 3.83. The first kappa shape index (κ1) is 16.4. The van der Waals surface area contributed by atoms with Gasteiger partial charge in [-0.3, -0.25) is 4.79 Å². The average Bonchev–Trinajstić information content (AvgIpc) is 2.47. The van der Waals surface area contributed by atoms with Gasteiger partial charge < -0.3 is 4.74 Å². The van der Waals surface area contributed by atoms with Crippen molar-refractivity contribution in [1.82, 2.24) is 0 Å². The molecule has 2 aromatic carbocycles. The van der Waals surface area contributed by atoms with E-state index >= 15 is 0 Å². The Kier molecular flexibility index (Phi) is 5.08. The summed E-state index contributed by atoms with van der Waals surface area (Å²) in [6.45, 7) is 3.36. The molecule has 0 amide bonds. The molecule has 0 spiro atoms. The van der Waals surface area contributed by atoms with Crippen LogP contribution in [0.3, 0.4) is 0 Å². The third-order valence-electron chi connectivity index (χ3n) is 3.18. The van der Waals surface area contributed by atoms with Crippen molar-refractivity contribution in [2.45, 2.75) is 13.8 Å². The molecule has 0 aromatic heterocycles. The van der Waals surface area contributed by atoms with E-state index in [9.17, 15) is 14.0 Å². The first-order valence-electron chi connectivity index (χ1n) is 6.61. The summed E-state index contributed by atoms with van der Waals surface area (Å²) in [6.07, 6.45) is 0. The highest BCUT2D eigenvalue weighted by Gasteiger charge is 2.16. The van der Waals surface area contributed by atoms with E-state index in [4.69, 9.17) is 4.74 Å². The quantitative estimate of drug-likeness (QED) is 0.601. The molecule has 0 aliphatic rings. The normalized spacial score (nSPS) is 10.4. The standard InChI is InChI=1S/C17H14BrFO3/c1-10-3-4-11(2)14(7-10)16(20)9-22-17(21)13-6-5-12(19)8-15(13)18/h3-8H,9H2,1-2H3. The van der Waals surface area contributed by atoms with Crippen molar-refractivity contribution in [3.8, 4) is 0 Å². The molecule has 0 heterocycles. The molecular formula is C17H14BrFO3. The Balaban J connectivity index is 2.07. The monoisotopic (exact) mass is 364 g/mol. The number of benzene rings is 2. The van der Waals surface area contributed by atoms with Gasteiger partial charge in [0.15, 0.2) is 6.61 Å². The second-order valence-corrected chi connectivity index (χ2v) is 5.80. The number of carbonyl (C=O) groups is 2. The predicted octanol–water partition coefficient (Wildman–Crippen LogP) is 4.24. The Morgan fingerprint density at radius 3 is 2.50 bits per heavy atom. The Hall–Kier alpha value is -2.01. The number of hydrogen-bond donors (Lipinski definition) is 0. The number of ketones is 1. The van der Waals surface area contributed by atoms with Crippen LogP contribution in [0.5, 0.6) is 0 Å². The fourth-order valence-corrected chi connectivity index (χ4v) is 2.49. The topological polar surface area (TPSA) is 43.4 Å². The third kappa shape index (κ3) is 3.80. The maximum atomic E-state index is 13.0. The van der Waals surface area contributed by atoms with Gasteiger partial charge in [0.25, 0.3) is 0 Å². The molecule has 2 aromatic rings. The number of aryl methyl sites for hydroxylation is 2. The van der Waals surface area contributed by atoms with Gasteiger partial charge in [0.1, 0.15) is 5.82 Å². The molecule has 0 saturated heterocycles. The van der Waals surface area contributed by atoms with Crippen LogP contribution in [-0.2, 0) is 4.74 Å². The van der Waals surface area contributed by atoms with Crippen molar-refractivity contribution in [3.05, 3.63) is 68.9 Å². The second kappa shape index (κ2) is 6.83. The molecule has 0 N–H and O–H groups in total. The summed E-state index contributed by atoms with van der Waals surface area (Å²) >= 11 is 3.10. The van der Waals surface area contributed by atoms with E-state index in [0.717, 1.165) is 17.2 Å². The fourth-order valence-electron chi connectivity index (χ4n) is 1.98. The van der Waals surface area contributed by atoms with Crippen LogP contribution in [0.25, 0.3) is 0 Å². The highest BCUT2D eigenvalue weighted by atomic mass is 79.9. The minimum atomic E-state index is -0.675. The van der Waals surface area contributed by atoms with Crippen LogP contribution in [0, 0.1) is 19.7 Å². The Labute approximate surface area is 136 Å². The van der Waals surface area contributed by atoms with Crippen LogP contribution < -0.4 is 0 Å². The van der Waals surface area contributed by atoms with E-state index in [1.54, 1.807) is 6.07 Å². The molecule has 0 atom stereocenters. The molecule has 0 fully saturated rings. The van der Waals surface area contributed by atoms with Gasteiger partial charge in [0, 0.05) is 10.0 Å². The van der Waals surface area contributed by atoms with E-state index in [1.807, 2.05) is 26.0 Å². The van der Waals surface area contributed by atoms with Crippen molar-refractivity contribution >= 4 is 27.7 Å². The molecule has 3 nitrogen and oxygen atoms in total. The summed E-state index contributed by atoms with van der Waals surface area (Å²) in [5.74, 6) is -1.41. The Morgan fingerprint density at radius 1 is 1.09 bits per heavy atom. The summed E-state index contributed by atoms with van der Waals surface area (Å²) in [7, 11) is 0. The lowest BCUT2D eigenvalue weighted by Crippen LogP contribution is -2.15. The van der Waals surface area contributed by atoms with Gasteiger partial charge in [0.05, 0.1) is 5.56 Å².